The molecule has 9 nitrogen and oxygen atoms in total. The van der Waals surface area contributed by atoms with Crippen molar-refractivity contribution >= 4 is 11.9 Å². The lowest BCUT2D eigenvalue weighted by atomic mass is 10.2. The monoisotopic (exact) mass is 383 g/mol. The number of carbonyl (C=O) groups excluding carboxylic acids is 1. The lowest BCUT2D eigenvalue weighted by Crippen LogP contribution is -2.21. The van der Waals surface area contributed by atoms with E-state index in [0.717, 1.165) is 0 Å². The molecule has 0 spiro atoms. The fourth-order valence-corrected chi connectivity index (χ4v) is 2.66. The maximum Gasteiger partial charge on any atom is 0.322 e. The lowest BCUT2D eigenvalue weighted by molar-refractivity contribution is 0.0716. The van der Waals surface area contributed by atoms with Gasteiger partial charge in [-0.2, -0.15) is 0 Å². The fraction of sp³-hybridized carbons (Fsp3) is 0.211. The first kappa shape index (κ1) is 17.7. The number of amides is 1. The molecule has 0 fully saturated rings. The van der Waals surface area contributed by atoms with E-state index in [-0.39, 0.29) is 18.5 Å². The zero-order chi connectivity index (χ0) is 19.5. The molecule has 2 heterocycles. The van der Waals surface area contributed by atoms with Crippen molar-refractivity contribution in [3.05, 3.63) is 53.9 Å². The Morgan fingerprint density at radius 2 is 1.79 bits per heavy atom. The number of anilines is 1. The number of benzene rings is 2. The van der Waals surface area contributed by atoms with Gasteiger partial charge in [0, 0.05) is 11.6 Å². The van der Waals surface area contributed by atoms with Crippen LogP contribution >= 0.6 is 0 Å². The summed E-state index contributed by atoms with van der Waals surface area (Å²) in [5.41, 5.74) is 0.321. The van der Waals surface area contributed by atoms with Crippen LogP contribution in [-0.2, 0) is 0 Å². The van der Waals surface area contributed by atoms with Crippen LogP contribution in [0.4, 0.5) is 6.01 Å². The minimum absolute atomic E-state index is 0.0516. The molecule has 0 saturated heterocycles. The molecule has 1 aliphatic rings. The Kier molecular flexibility index (Phi) is 4.71. The van der Waals surface area contributed by atoms with Crippen molar-refractivity contribution in [1.82, 2.24) is 10.2 Å². The van der Waals surface area contributed by atoms with E-state index in [2.05, 4.69) is 15.5 Å². The van der Waals surface area contributed by atoms with E-state index in [4.69, 9.17) is 23.4 Å². The number of fused-ring (bicyclic) bond motifs is 1. The molecule has 28 heavy (non-hydrogen) atoms. The van der Waals surface area contributed by atoms with Crippen LogP contribution in [0.15, 0.2) is 46.9 Å². The number of hydrogen-bond acceptors (Lipinski definition) is 8. The predicted octanol–water partition coefficient (Wildman–Crippen LogP) is 2.85. The number of hydrogen-bond donors (Lipinski definition) is 1. The molecule has 0 aliphatic carbocycles. The normalized spacial score (nSPS) is 15.0. The predicted molar refractivity (Wildman–Crippen MR) is 97.1 cm³/mol. The van der Waals surface area contributed by atoms with Crippen molar-refractivity contribution in [2.24, 2.45) is 0 Å². The average Bonchev–Trinajstić information content (AvgIpc) is 3.21. The van der Waals surface area contributed by atoms with Crippen LogP contribution in [0, 0.1) is 0 Å². The van der Waals surface area contributed by atoms with Crippen LogP contribution in [0.5, 0.6) is 23.0 Å². The van der Waals surface area contributed by atoms with Gasteiger partial charge < -0.3 is 23.4 Å². The van der Waals surface area contributed by atoms with E-state index in [9.17, 15) is 4.79 Å². The number of nitrogens with one attached hydrogen (secondary N) is 1. The van der Waals surface area contributed by atoms with Crippen LogP contribution in [0.3, 0.4) is 0 Å². The molecule has 1 unspecified atom stereocenters. The van der Waals surface area contributed by atoms with Crippen LogP contribution < -0.4 is 24.3 Å². The molecular formula is C19H17N3O6. The second-order valence-corrected chi connectivity index (χ2v) is 5.87. The maximum absolute atomic E-state index is 12.5. The number of rotatable bonds is 5. The summed E-state index contributed by atoms with van der Waals surface area (Å²) in [7, 11) is 3.01. The summed E-state index contributed by atoms with van der Waals surface area (Å²) in [6.07, 6.45) is -0.565. The summed E-state index contributed by atoms with van der Waals surface area (Å²) in [4.78, 5) is 12.5. The van der Waals surface area contributed by atoms with Crippen molar-refractivity contribution in [3.8, 4) is 23.0 Å². The third-order valence-electron chi connectivity index (χ3n) is 4.06. The van der Waals surface area contributed by atoms with Gasteiger partial charge in [-0.05, 0) is 24.3 Å². The summed E-state index contributed by atoms with van der Waals surface area (Å²) in [6.45, 7) is 0.222. The second-order valence-electron chi connectivity index (χ2n) is 5.87. The first-order chi connectivity index (χ1) is 13.7. The second kappa shape index (κ2) is 7.47. The lowest BCUT2D eigenvalue weighted by Gasteiger charge is -2.23. The molecule has 3 aromatic rings. The fourth-order valence-electron chi connectivity index (χ4n) is 2.66. The van der Waals surface area contributed by atoms with Gasteiger partial charge in [-0.3, -0.25) is 10.1 Å². The highest BCUT2D eigenvalue weighted by Crippen LogP contribution is 2.35. The van der Waals surface area contributed by atoms with Crippen LogP contribution in [-0.4, -0.2) is 36.9 Å². The van der Waals surface area contributed by atoms with Gasteiger partial charge in [0.25, 0.3) is 11.8 Å². The Hall–Kier alpha value is -3.75. The first-order valence-electron chi connectivity index (χ1n) is 8.42. The highest BCUT2D eigenvalue weighted by Gasteiger charge is 2.27. The zero-order valence-corrected chi connectivity index (χ0v) is 15.2. The van der Waals surface area contributed by atoms with Gasteiger partial charge in [0.2, 0.25) is 6.10 Å². The van der Waals surface area contributed by atoms with E-state index in [1.165, 1.54) is 14.2 Å². The molecule has 4 rings (SSSR count). The number of methoxy groups -OCH3 is 2. The molecule has 1 aromatic heterocycles. The van der Waals surface area contributed by atoms with Crippen LogP contribution in [0.2, 0.25) is 0 Å². The Bertz CT molecular complexity index is 981. The molecule has 9 heteroatoms. The maximum atomic E-state index is 12.5. The van der Waals surface area contributed by atoms with Gasteiger partial charge in [0.15, 0.2) is 11.5 Å². The molecule has 0 radical (unpaired) electrons. The van der Waals surface area contributed by atoms with Crippen molar-refractivity contribution in [2.75, 3.05) is 26.1 Å². The van der Waals surface area contributed by atoms with Crippen LogP contribution in [0.1, 0.15) is 22.4 Å². The van der Waals surface area contributed by atoms with Crippen LogP contribution in [0.25, 0.3) is 0 Å². The molecule has 144 valence electrons. The third kappa shape index (κ3) is 3.54. The number of aromatic nitrogens is 2. The standard InChI is InChI=1S/C19H17N3O6/c1-24-12-7-11(8-13(9-12)25-2)17(23)20-19-22-21-18(28-19)16-10-26-14-5-3-4-6-15(14)27-16/h3-9,16H,10H2,1-2H3,(H,20,22,23). The van der Waals surface area contributed by atoms with E-state index >= 15 is 0 Å². The number of ether oxygens (including phenoxy) is 4. The summed E-state index contributed by atoms with van der Waals surface area (Å²) >= 11 is 0. The van der Waals surface area contributed by atoms with Gasteiger partial charge in [0.05, 0.1) is 14.2 Å². The number of nitrogens with zero attached hydrogens (tertiary/aromatic N) is 2. The smallest absolute Gasteiger partial charge is 0.322 e. The van der Waals surface area contributed by atoms with E-state index in [0.29, 0.717) is 28.6 Å². The zero-order valence-electron chi connectivity index (χ0n) is 15.2. The van der Waals surface area contributed by atoms with Gasteiger partial charge >= 0.3 is 6.01 Å². The molecule has 1 aliphatic heterocycles. The average molecular weight is 383 g/mol. The highest BCUT2D eigenvalue weighted by molar-refractivity contribution is 6.03. The minimum Gasteiger partial charge on any atom is -0.497 e. The van der Waals surface area contributed by atoms with Gasteiger partial charge in [-0.25, -0.2) is 0 Å². The Morgan fingerprint density at radius 3 is 2.50 bits per heavy atom. The number of para-hydroxylation sites is 2. The van der Waals surface area contributed by atoms with E-state index in [1.807, 2.05) is 18.2 Å². The van der Waals surface area contributed by atoms with Crippen molar-refractivity contribution < 1.29 is 28.2 Å². The molecule has 2 aromatic carbocycles. The molecule has 0 bridgehead atoms. The molecule has 1 atom stereocenters. The molecule has 1 N–H and O–H groups in total. The van der Waals surface area contributed by atoms with Crippen molar-refractivity contribution in [3.63, 3.8) is 0 Å². The molecular weight excluding hydrogens is 366 g/mol. The van der Waals surface area contributed by atoms with Gasteiger partial charge in [0.1, 0.15) is 18.1 Å². The quantitative estimate of drug-likeness (QED) is 0.717. The number of carbonyl (C=O) groups is 1. The molecule has 1 amide bonds. The minimum atomic E-state index is -0.565. The SMILES string of the molecule is COc1cc(OC)cc(C(=O)Nc2nnc(C3COc4ccccc4O3)o2)c1. The van der Waals surface area contributed by atoms with E-state index < -0.39 is 12.0 Å². The van der Waals surface area contributed by atoms with Gasteiger partial charge in [-0.15, -0.1) is 5.10 Å². The topological polar surface area (TPSA) is 105 Å². The summed E-state index contributed by atoms with van der Waals surface area (Å²) in [5.74, 6) is 1.97. The molecule has 0 saturated carbocycles. The highest BCUT2D eigenvalue weighted by atomic mass is 16.6. The van der Waals surface area contributed by atoms with Crippen molar-refractivity contribution in [2.45, 2.75) is 6.10 Å². The van der Waals surface area contributed by atoms with E-state index in [1.54, 1.807) is 24.3 Å². The Balaban J connectivity index is 1.47. The van der Waals surface area contributed by atoms with Crippen molar-refractivity contribution in [1.29, 1.82) is 0 Å². The Morgan fingerprint density at radius 1 is 1.07 bits per heavy atom. The first-order valence-corrected chi connectivity index (χ1v) is 8.42. The summed E-state index contributed by atoms with van der Waals surface area (Å²) in [5, 5.41) is 10.3. The Labute approximate surface area is 160 Å². The third-order valence-corrected chi connectivity index (χ3v) is 4.06. The summed E-state index contributed by atoms with van der Waals surface area (Å²) in [6, 6.07) is 12.1. The largest absolute Gasteiger partial charge is 0.497 e. The van der Waals surface area contributed by atoms with Gasteiger partial charge in [-0.1, -0.05) is 17.2 Å². The summed E-state index contributed by atoms with van der Waals surface area (Å²) < 4.78 is 27.3.